The third-order valence-electron chi connectivity index (χ3n) is 4.30. The molecule has 2 aliphatic rings. The molecule has 1 spiro atoms. The van der Waals surface area contributed by atoms with Gasteiger partial charge in [-0.05, 0) is 24.7 Å². The van der Waals surface area contributed by atoms with Crippen molar-refractivity contribution in [1.29, 1.82) is 0 Å². The number of ether oxygens (including phenoxy) is 1. The topological polar surface area (TPSA) is 43.4 Å². The highest BCUT2D eigenvalue weighted by Crippen LogP contribution is 2.46. The van der Waals surface area contributed by atoms with Crippen LogP contribution in [0.4, 0.5) is 0 Å². The largest absolute Gasteiger partial charge is 0.377 e. The molecule has 2 fully saturated rings. The number of halogens is 1. The molecule has 1 aliphatic carbocycles. The van der Waals surface area contributed by atoms with Gasteiger partial charge in [-0.2, -0.15) is 0 Å². The van der Waals surface area contributed by atoms with E-state index in [9.17, 15) is 8.42 Å². The summed E-state index contributed by atoms with van der Waals surface area (Å²) in [7, 11) is 1.92. The number of hydrogen-bond donors (Lipinski definition) is 0. The smallest absolute Gasteiger partial charge is 0.235 e. The van der Waals surface area contributed by atoms with E-state index in [0.29, 0.717) is 6.61 Å². The van der Waals surface area contributed by atoms with Crippen molar-refractivity contribution in [3.63, 3.8) is 0 Å². The van der Waals surface area contributed by atoms with E-state index < -0.39 is 9.05 Å². The second-order valence-electron chi connectivity index (χ2n) is 5.45. The van der Waals surface area contributed by atoms with Crippen LogP contribution >= 0.6 is 10.7 Å². The third-order valence-corrected chi connectivity index (χ3v) is 5.38. The first-order valence-electron chi connectivity index (χ1n) is 6.56. The van der Waals surface area contributed by atoms with Gasteiger partial charge in [-0.15, -0.1) is 0 Å². The van der Waals surface area contributed by atoms with Gasteiger partial charge in [0.05, 0.1) is 11.9 Å². The Bertz CT molecular complexity index is 345. The van der Waals surface area contributed by atoms with E-state index in [1.807, 2.05) is 0 Å². The molecular formula is C12H21ClO3S. The van der Waals surface area contributed by atoms with Crippen LogP contribution in [0.15, 0.2) is 0 Å². The molecule has 0 N–H and O–H groups in total. The second kappa shape index (κ2) is 5.45. The Morgan fingerprint density at radius 3 is 2.24 bits per heavy atom. The molecule has 17 heavy (non-hydrogen) atoms. The lowest BCUT2D eigenvalue weighted by Gasteiger charge is -2.35. The zero-order chi connectivity index (χ0) is 12.4. The molecule has 2 rings (SSSR count). The Labute approximate surface area is 108 Å². The normalized spacial score (nSPS) is 30.1. The van der Waals surface area contributed by atoms with Crippen molar-refractivity contribution in [2.24, 2.45) is 5.41 Å². The van der Waals surface area contributed by atoms with Gasteiger partial charge in [-0.25, -0.2) is 8.42 Å². The fourth-order valence-electron chi connectivity index (χ4n) is 3.33. The van der Waals surface area contributed by atoms with Crippen molar-refractivity contribution < 1.29 is 13.2 Å². The summed E-state index contributed by atoms with van der Waals surface area (Å²) in [6.07, 6.45) is 9.27. The molecular weight excluding hydrogens is 260 g/mol. The van der Waals surface area contributed by atoms with Crippen molar-refractivity contribution in [3.8, 4) is 0 Å². The number of hydrogen-bond acceptors (Lipinski definition) is 3. The van der Waals surface area contributed by atoms with Crippen LogP contribution in [0.25, 0.3) is 0 Å². The molecule has 1 atom stereocenters. The minimum atomic E-state index is -3.46. The first-order valence-corrected chi connectivity index (χ1v) is 9.04. The molecule has 0 aromatic carbocycles. The van der Waals surface area contributed by atoms with Gasteiger partial charge in [0.25, 0.3) is 0 Å². The van der Waals surface area contributed by atoms with Crippen LogP contribution in [0, 0.1) is 5.41 Å². The summed E-state index contributed by atoms with van der Waals surface area (Å²) in [4.78, 5) is 0. The van der Waals surface area contributed by atoms with Gasteiger partial charge in [-0.1, -0.05) is 32.1 Å². The minimum absolute atomic E-state index is 0.0193. The van der Waals surface area contributed by atoms with E-state index in [0.717, 1.165) is 19.3 Å². The van der Waals surface area contributed by atoms with Crippen LogP contribution in [0.3, 0.4) is 0 Å². The summed E-state index contributed by atoms with van der Waals surface area (Å²) in [6.45, 7) is 0.692. The second-order valence-corrected chi connectivity index (χ2v) is 8.27. The molecule has 5 heteroatoms. The van der Waals surface area contributed by atoms with E-state index in [1.165, 1.54) is 32.1 Å². The van der Waals surface area contributed by atoms with Crippen molar-refractivity contribution in [2.45, 2.75) is 57.5 Å². The van der Waals surface area contributed by atoms with Crippen molar-refractivity contribution in [2.75, 3.05) is 12.4 Å². The van der Waals surface area contributed by atoms with Gasteiger partial charge in [0.15, 0.2) is 0 Å². The summed E-state index contributed by atoms with van der Waals surface area (Å²) in [5.74, 6) is -0.0193. The molecule has 0 aromatic rings. The van der Waals surface area contributed by atoms with Crippen molar-refractivity contribution in [1.82, 2.24) is 0 Å². The van der Waals surface area contributed by atoms with E-state index in [2.05, 4.69) is 0 Å². The van der Waals surface area contributed by atoms with Crippen LogP contribution in [-0.2, 0) is 13.8 Å². The molecule has 1 saturated heterocycles. The zero-order valence-corrected chi connectivity index (χ0v) is 11.7. The van der Waals surface area contributed by atoms with E-state index in [4.69, 9.17) is 15.4 Å². The molecule has 1 aliphatic heterocycles. The van der Waals surface area contributed by atoms with E-state index >= 15 is 0 Å². The summed E-state index contributed by atoms with van der Waals surface area (Å²) in [5.41, 5.74) is 0.0857. The average molecular weight is 281 g/mol. The fraction of sp³-hybridized carbons (Fsp3) is 1.00. The Balaban J connectivity index is 2.09. The van der Waals surface area contributed by atoms with Crippen LogP contribution < -0.4 is 0 Å². The molecule has 1 saturated carbocycles. The average Bonchev–Trinajstić information content (AvgIpc) is 2.54. The highest BCUT2D eigenvalue weighted by atomic mass is 35.7. The Morgan fingerprint density at radius 2 is 1.65 bits per heavy atom. The molecule has 3 nitrogen and oxygen atoms in total. The lowest BCUT2D eigenvalue weighted by atomic mass is 9.72. The van der Waals surface area contributed by atoms with Crippen LogP contribution in [0.1, 0.15) is 51.4 Å². The maximum atomic E-state index is 11.3. The van der Waals surface area contributed by atoms with Crippen molar-refractivity contribution >= 4 is 19.7 Å². The predicted molar refractivity (Wildman–Crippen MR) is 68.7 cm³/mol. The highest BCUT2D eigenvalue weighted by Gasteiger charge is 2.44. The summed E-state index contributed by atoms with van der Waals surface area (Å²) < 4.78 is 28.2. The lowest BCUT2D eigenvalue weighted by Crippen LogP contribution is -2.36. The Kier molecular flexibility index (Phi) is 4.37. The Morgan fingerprint density at radius 1 is 1.06 bits per heavy atom. The molecule has 1 heterocycles. The molecule has 0 bridgehead atoms. The summed E-state index contributed by atoms with van der Waals surface area (Å²) in [6, 6.07) is 0. The van der Waals surface area contributed by atoms with Gasteiger partial charge in [0, 0.05) is 17.3 Å². The van der Waals surface area contributed by atoms with Crippen LogP contribution in [-0.4, -0.2) is 26.9 Å². The van der Waals surface area contributed by atoms with Crippen molar-refractivity contribution in [3.05, 3.63) is 0 Å². The van der Waals surface area contributed by atoms with Gasteiger partial charge >= 0.3 is 0 Å². The predicted octanol–water partition coefficient (Wildman–Crippen LogP) is 3.07. The number of rotatable bonds is 2. The lowest BCUT2D eigenvalue weighted by molar-refractivity contribution is 0.0511. The van der Waals surface area contributed by atoms with Crippen LogP contribution in [0.2, 0.25) is 0 Å². The van der Waals surface area contributed by atoms with Gasteiger partial charge in [0.1, 0.15) is 0 Å². The van der Waals surface area contributed by atoms with Gasteiger partial charge < -0.3 is 4.74 Å². The van der Waals surface area contributed by atoms with Crippen LogP contribution in [0.5, 0.6) is 0 Å². The quantitative estimate of drug-likeness (QED) is 0.730. The van der Waals surface area contributed by atoms with E-state index in [1.54, 1.807) is 0 Å². The molecule has 0 radical (unpaired) electrons. The van der Waals surface area contributed by atoms with E-state index in [-0.39, 0.29) is 17.3 Å². The molecule has 0 amide bonds. The first-order chi connectivity index (χ1) is 8.02. The SMILES string of the molecule is O=S(=O)(Cl)CC1OCCC12CCCCCCC2. The highest BCUT2D eigenvalue weighted by molar-refractivity contribution is 8.13. The van der Waals surface area contributed by atoms with Gasteiger partial charge in [0.2, 0.25) is 9.05 Å². The molecule has 100 valence electrons. The maximum Gasteiger partial charge on any atom is 0.235 e. The first kappa shape index (κ1) is 13.6. The zero-order valence-electron chi connectivity index (χ0n) is 10.2. The summed E-state index contributed by atoms with van der Waals surface area (Å²) >= 11 is 0. The molecule has 1 unspecified atom stereocenters. The third kappa shape index (κ3) is 3.58. The van der Waals surface area contributed by atoms with Gasteiger partial charge in [-0.3, -0.25) is 0 Å². The summed E-state index contributed by atoms with van der Waals surface area (Å²) in [5, 5.41) is 0. The molecule has 0 aromatic heterocycles. The minimum Gasteiger partial charge on any atom is -0.377 e. The monoisotopic (exact) mass is 280 g/mol. The fourth-order valence-corrected chi connectivity index (χ4v) is 4.48. The maximum absolute atomic E-state index is 11.3. The standard InChI is InChI=1S/C12H21ClO3S/c13-17(14,15)10-11-12(8-9-16-11)6-4-2-1-3-5-7-12/h11H,1-10H2. The Hall–Kier alpha value is 0.200.